The van der Waals surface area contributed by atoms with Gasteiger partial charge in [-0.25, -0.2) is 4.79 Å². The fourth-order valence-corrected chi connectivity index (χ4v) is 3.74. The highest BCUT2D eigenvalue weighted by atomic mass is 16.5. The smallest absolute Gasteiger partial charge is 0.314 e. The summed E-state index contributed by atoms with van der Waals surface area (Å²) in [5.41, 5.74) is 8.62. The van der Waals surface area contributed by atoms with E-state index in [4.69, 9.17) is 10.5 Å². The zero-order valence-electron chi connectivity index (χ0n) is 17.3. The molecule has 0 aromatic heterocycles. The number of carbonyl (C=O) groups excluding carboxylic acids is 3. The van der Waals surface area contributed by atoms with Gasteiger partial charge in [-0.2, -0.15) is 0 Å². The van der Waals surface area contributed by atoms with Crippen LogP contribution in [0.25, 0.3) is 0 Å². The lowest BCUT2D eigenvalue weighted by atomic mass is 9.98. The summed E-state index contributed by atoms with van der Waals surface area (Å²) >= 11 is 0. The van der Waals surface area contributed by atoms with Gasteiger partial charge in [0.05, 0.1) is 5.92 Å². The molecule has 1 saturated heterocycles. The van der Waals surface area contributed by atoms with E-state index >= 15 is 0 Å². The van der Waals surface area contributed by atoms with Gasteiger partial charge in [0.15, 0.2) is 0 Å². The number of carbonyl (C=O) groups is 3. The number of nitrogens with one attached hydrogen (secondary N) is 1. The molecule has 2 unspecified atom stereocenters. The number of piperidine rings is 1. The number of hydrogen-bond donors (Lipinski definition) is 2. The van der Waals surface area contributed by atoms with Crippen LogP contribution in [0.5, 0.6) is 0 Å². The van der Waals surface area contributed by atoms with E-state index in [1.807, 2.05) is 38.1 Å². The lowest BCUT2D eigenvalue weighted by Gasteiger charge is -2.31. The standard InChI is InChI=1S/C23H27N3O4/c1-15-11-16(2)13-19(12-15)25-21(27)20(17-7-4-3-5-8-17)30-22(28)18-9-6-10-26(14-18)23(24)29/h3-5,7-8,11-13,18,20H,6,9-10,14H2,1-2H3,(H2,24,29)(H,25,27). The first-order valence-corrected chi connectivity index (χ1v) is 10.0. The second-order valence-corrected chi connectivity index (χ2v) is 7.72. The zero-order chi connectivity index (χ0) is 21.7. The summed E-state index contributed by atoms with van der Waals surface area (Å²) in [6, 6.07) is 14.1. The Kier molecular flexibility index (Phi) is 6.72. The summed E-state index contributed by atoms with van der Waals surface area (Å²) in [5.74, 6) is -1.45. The van der Waals surface area contributed by atoms with Gasteiger partial charge in [0.25, 0.3) is 5.91 Å². The summed E-state index contributed by atoms with van der Waals surface area (Å²) < 4.78 is 5.67. The van der Waals surface area contributed by atoms with Gasteiger partial charge < -0.3 is 20.7 Å². The Morgan fingerprint density at radius 3 is 2.40 bits per heavy atom. The normalized spacial score (nSPS) is 17.1. The Morgan fingerprint density at radius 2 is 1.77 bits per heavy atom. The van der Waals surface area contributed by atoms with Gasteiger partial charge in [0.2, 0.25) is 6.10 Å². The molecule has 0 aliphatic carbocycles. The van der Waals surface area contributed by atoms with Crippen LogP contribution in [0.1, 0.15) is 35.6 Å². The van der Waals surface area contributed by atoms with Crippen molar-refractivity contribution in [1.29, 1.82) is 0 Å². The average molecular weight is 409 g/mol. The lowest BCUT2D eigenvalue weighted by molar-refractivity contribution is -0.160. The average Bonchev–Trinajstić information content (AvgIpc) is 2.71. The Labute approximate surface area is 176 Å². The third-order valence-corrected chi connectivity index (χ3v) is 5.13. The van der Waals surface area contributed by atoms with Crippen LogP contribution in [-0.2, 0) is 14.3 Å². The van der Waals surface area contributed by atoms with Crippen molar-refractivity contribution in [3.63, 3.8) is 0 Å². The molecule has 3 amide bonds. The van der Waals surface area contributed by atoms with Crippen LogP contribution >= 0.6 is 0 Å². The molecule has 1 fully saturated rings. The second-order valence-electron chi connectivity index (χ2n) is 7.72. The molecular weight excluding hydrogens is 382 g/mol. The maximum Gasteiger partial charge on any atom is 0.314 e. The van der Waals surface area contributed by atoms with E-state index < -0.39 is 29.9 Å². The summed E-state index contributed by atoms with van der Waals surface area (Å²) in [6.45, 7) is 4.62. The SMILES string of the molecule is Cc1cc(C)cc(NC(=O)C(OC(=O)C2CCCN(C(N)=O)C2)c2ccccc2)c1. The molecule has 3 N–H and O–H groups in total. The second kappa shape index (κ2) is 9.43. The summed E-state index contributed by atoms with van der Waals surface area (Å²) in [7, 11) is 0. The van der Waals surface area contributed by atoms with E-state index in [1.54, 1.807) is 24.3 Å². The Bertz CT molecular complexity index is 909. The molecule has 2 aromatic carbocycles. The third-order valence-electron chi connectivity index (χ3n) is 5.13. The molecule has 7 heteroatoms. The van der Waals surface area contributed by atoms with Gasteiger partial charge >= 0.3 is 12.0 Å². The minimum Gasteiger partial charge on any atom is -0.447 e. The maximum absolute atomic E-state index is 13.1. The van der Waals surface area contributed by atoms with Gasteiger partial charge in [-0.15, -0.1) is 0 Å². The van der Waals surface area contributed by atoms with Crippen molar-refractivity contribution >= 4 is 23.6 Å². The van der Waals surface area contributed by atoms with Crippen molar-refractivity contribution < 1.29 is 19.1 Å². The van der Waals surface area contributed by atoms with Crippen LogP contribution in [-0.4, -0.2) is 35.9 Å². The number of primary amides is 1. The van der Waals surface area contributed by atoms with Crippen molar-refractivity contribution in [3.8, 4) is 0 Å². The highest BCUT2D eigenvalue weighted by molar-refractivity contribution is 5.96. The molecule has 0 bridgehead atoms. The number of ether oxygens (including phenoxy) is 1. The first kappa shape index (κ1) is 21.4. The van der Waals surface area contributed by atoms with Crippen molar-refractivity contribution in [2.75, 3.05) is 18.4 Å². The molecule has 1 aliphatic rings. The Balaban J connectivity index is 1.78. The lowest BCUT2D eigenvalue weighted by Crippen LogP contribution is -2.45. The van der Waals surface area contributed by atoms with Crippen molar-refractivity contribution in [3.05, 3.63) is 65.2 Å². The Hall–Kier alpha value is -3.35. The van der Waals surface area contributed by atoms with Crippen LogP contribution < -0.4 is 11.1 Å². The number of likely N-dealkylation sites (tertiary alicyclic amines) is 1. The molecule has 30 heavy (non-hydrogen) atoms. The summed E-state index contributed by atoms with van der Waals surface area (Å²) in [5, 5.41) is 2.86. The number of rotatable bonds is 5. The maximum atomic E-state index is 13.1. The predicted octanol–water partition coefficient (Wildman–Crippen LogP) is 3.32. The fourth-order valence-electron chi connectivity index (χ4n) is 3.74. The summed E-state index contributed by atoms with van der Waals surface area (Å²) in [4.78, 5) is 38.8. The third kappa shape index (κ3) is 5.37. The van der Waals surface area contributed by atoms with Gasteiger partial charge in [-0.3, -0.25) is 9.59 Å². The van der Waals surface area contributed by atoms with Gasteiger partial charge in [-0.05, 0) is 49.9 Å². The highest BCUT2D eigenvalue weighted by Crippen LogP contribution is 2.25. The Morgan fingerprint density at radius 1 is 1.10 bits per heavy atom. The zero-order valence-corrected chi connectivity index (χ0v) is 17.3. The fraction of sp³-hybridized carbons (Fsp3) is 0.348. The van der Waals surface area contributed by atoms with Gasteiger partial charge in [0.1, 0.15) is 0 Å². The number of anilines is 1. The van der Waals surface area contributed by atoms with Crippen LogP contribution in [0.3, 0.4) is 0 Å². The van der Waals surface area contributed by atoms with Crippen LogP contribution in [0, 0.1) is 19.8 Å². The number of amides is 3. The molecule has 2 atom stereocenters. The van der Waals surface area contributed by atoms with E-state index in [0.717, 1.165) is 11.1 Å². The van der Waals surface area contributed by atoms with Crippen LogP contribution in [0.2, 0.25) is 0 Å². The van der Waals surface area contributed by atoms with Crippen molar-refractivity contribution in [1.82, 2.24) is 4.90 Å². The molecule has 1 heterocycles. The topological polar surface area (TPSA) is 102 Å². The first-order chi connectivity index (χ1) is 14.3. The van der Waals surface area contributed by atoms with E-state index in [2.05, 4.69) is 5.32 Å². The number of hydrogen-bond acceptors (Lipinski definition) is 4. The van der Waals surface area contributed by atoms with Crippen LogP contribution in [0.15, 0.2) is 48.5 Å². The van der Waals surface area contributed by atoms with E-state index in [0.29, 0.717) is 30.6 Å². The summed E-state index contributed by atoms with van der Waals surface area (Å²) in [6.07, 6.45) is 0.152. The molecular formula is C23H27N3O4. The van der Waals surface area contributed by atoms with Gasteiger partial charge in [-0.1, -0.05) is 36.4 Å². The molecule has 0 spiro atoms. The minimum atomic E-state index is -1.09. The van der Waals surface area contributed by atoms with Gasteiger partial charge in [0, 0.05) is 24.3 Å². The molecule has 2 aromatic rings. The van der Waals surface area contributed by atoms with E-state index in [9.17, 15) is 14.4 Å². The van der Waals surface area contributed by atoms with E-state index in [1.165, 1.54) is 4.90 Å². The minimum absolute atomic E-state index is 0.203. The number of nitrogens with two attached hydrogens (primary N) is 1. The quantitative estimate of drug-likeness (QED) is 0.740. The largest absolute Gasteiger partial charge is 0.447 e. The molecule has 1 aliphatic heterocycles. The van der Waals surface area contributed by atoms with Crippen LogP contribution in [0.4, 0.5) is 10.5 Å². The monoisotopic (exact) mass is 409 g/mol. The highest BCUT2D eigenvalue weighted by Gasteiger charge is 2.33. The van der Waals surface area contributed by atoms with Crippen molar-refractivity contribution in [2.45, 2.75) is 32.8 Å². The van der Waals surface area contributed by atoms with E-state index in [-0.39, 0.29) is 6.54 Å². The molecule has 7 nitrogen and oxygen atoms in total. The van der Waals surface area contributed by atoms with Crippen molar-refractivity contribution in [2.24, 2.45) is 11.7 Å². The molecule has 158 valence electrons. The first-order valence-electron chi connectivity index (χ1n) is 10.0. The molecule has 0 saturated carbocycles. The predicted molar refractivity (Wildman–Crippen MR) is 114 cm³/mol. The number of nitrogens with zero attached hydrogens (tertiary/aromatic N) is 1. The number of benzene rings is 2. The number of aryl methyl sites for hydroxylation is 2. The number of urea groups is 1. The molecule has 3 rings (SSSR count). The molecule has 0 radical (unpaired) electrons. The number of esters is 1.